The number of hydrogen-bond acceptors (Lipinski definition) is 3. The molecule has 1 unspecified atom stereocenters. The number of aliphatic hydroxyl groups excluding tert-OH is 2. The fourth-order valence-corrected chi connectivity index (χ4v) is 0.627. The Morgan fingerprint density at radius 3 is 1.75 bits per heavy atom. The van der Waals surface area contributed by atoms with Gasteiger partial charge in [0.1, 0.15) is 12.5 Å². The summed E-state index contributed by atoms with van der Waals surface area (Å²) >= 11 is 0. The zero-order chi connectivity index (χ0) is 6.15. The molecule has 0 fully saturated rings. The first-order valence-corrected chi connectivity index (χ1v) is 2.48. The average molecular weight is 115 g/mol. The van der Waals surface area contributed by atoms with Gasteiger partial charge in [0.25, 0.3) is 0 Å². The highest BCUT2D eigenvalue weighted by atomic mass is 16.3. The van der Waals surface area contributed by atoms with Gasteiger partial charge in [0.05, 0.1) is 0 Å². The Labute approximate surface area is 47.9 Å². The molecule has 1 aliphatic rings. The zero-order valence-corrected chi connectivity index (χ0v) is 4.65. The number of rotatable bonds is 0. The highest BCUT2D eigenvalue weighted by Crippen LogP contribution is 2.08. The SMILES string of the molecule is CN1C(O)C=C[C@H]1O. The normalized spacial score (nSPS) is 38.9. The molecule has 0 aliphatic carbocycles. The van der Waals surface area contributed by atoms with E-state index in [1.165, 1.54) is 4.90 Å². The maximum atomic E-state index is 8.85. The van der Waals surface area contributed by atoms with Crippen LogP contribution in [0.4, 0.5) is 0 Å². The first-order chi connectivity index (χ1) is 3.72. The molecule has 2 atom stereocenters. The molecular formula is C5H9NO2. The van der Waals surface area contributed by atoms with Crippen molar-refractivity contribution in [3.8, 4) is 0 Å². The third-order valence-corrected chi connectivity index (χ3v) is 1.29. The minimum absolute atomic E-state index is 0.606. The van der Waals surface area contributed by atoms with Crippen molar-refractivity contribution >= 4 is 0 Å². The van der Waals surface area contributed by atoms with E-state index in [1.807, 2.05) is 0 Å². The molecule has 0 amide bonds. The Hall–Kier alpha value is -0.380. The van der Waals surface area contributed by atoms with Gasteiger partial charge in [0, 0.05) is 0 Å². The van der Waals surface area contributed by atoms with E-state index in [-0.39, 0.29) is 0 Å². The van der Waals surface area contributed by atoms with E-state index in [1.54, 1.807) is 19.2 Å². The van der Waals surface area contributed by atoms with E-state index in [2.05, 4.69) is 0 Å². The summed E-state index contributed by atoms with van der Waals surface area (Å²) in [6.07, 6.45) is 1.88. The lowest BCUT2D eigenvalue weighted by molar-refractivity contribution is -0.0202. The van der Waals surface area contributed by atoms with Crippen LogP contribution in [0.5, 0.6) is 0 Å². The van der Waals surface area contributed by atoms with Gasteiger partial charge in [0.2, 0.25) is 0 Å². The second kappa shape index (κ2) is 1.85. The number of likely N-dealkylation sites (N-methyl/N-ethyl adjacent to an activating group) is 1. The molecule has 0 saturated carbocycles. The number of nitrogens with zero attached hydrogens (tertiary/aromatic N) is 1. The van der Waals surface area contributed by atoms with Gasteiger partial charge in [-0.15, -0.1) is 0 Å². The lowest BCUT2D eigenvalue weighted by Gasteiger charge is -2.16. The highest BCUT2D eigenvalue weighted by molar-refractivity contribution is 5.00. The molecule has 0 aromatic heterocycles. The molecule has 0 radical (unpaired) electrons. The largest absolute Gasteiger partial charge is 0.375 e. The molecule has 0 bridgehead atoms. The predicted octanol–water partition coefficient (Wildman–Crippen LogP) is -0.875. The summed E-state index contributed by atoms with van der Waals surface area (Å²) in [5.41, 5.74) is 0. The molecule has 1 rings (SSSR count). The van der Waals surface area contributed by atoms with Crippen molar-refractivity contribution in [3.63, 3.8) is 0 Å². The zero-order valence-electron chi connectivity index (χ0n) is 4.65. The van der Waals surface area contributed by atoms with Crippen LogP contribution in [0.1, 0.15) is 0 Å². The summed E-state index contributed by atoms with van der Waals surface area (Å²) < 4.78 is 0. The Bertz CT molecular complexity index is 101. The van der Waals surface area contributed by atoms with Crippen LogP contribution >= 0.6 is 0 Å². The molecule has 46 valence electrons. The lowest BCUT2D eigenvalue weighted by Crippen LogP contribution is -2.32. The van der Waals surface area contributed by atoms with Crippen molar-refractivity contribution in [2.24, 2.45) is 0 Å². The molecule has 0 saturated heterocycles. The van der Waals surface area contributed by atoms with Gasteiger partial charge in [-0.3, -0.25) is 0 Å². The standard InChI is InChI=1S/C5H9NO2/c1-6-4(7)2-3-5(6)8/h2-5,7-8H,1H3/t4-,5?/m1/s1. The van der Waals surface area contributed by atoms with Crippen LogP contribution in [-0.4, -0.2) is 34.6 Å². The molecule has 0 aromatic rings. The monoisotopic (exact) mass is 115 g/mol. The third kappa shape index (κ3) is 0.753. The van der Waals surface area contributed by atoms with E-state index >= 15 is 0 Å². The fourth-order valence-electron chi connectivity index (χ4n) is 0.627. The van der Waals surface area contributed by atoms with Gasteiger partial charge in [-0.2, -0.15) is 0 Å². The third-order valence-electron chi connectivity index (χ3n) is 1.29. The Kier molecular flexibility index (Phi) is 1.33. The van der Waals surface area contributed by atoms with Crippen LogP contribution in [0.3, 0.4) is 0 Å². The molecule has 8 heavy (non-hydrogen) atoms. The first-order valence-electron chi connectivity index (χ1n) is 2.48. The average Bonchev–Trinajstić information content (AvgIpc) is 1.98. The maximum Gasteiger partial charge on any atom is 0.128 e. The summed E-state index contributed by atoms with van der Waals surface area (Å²) in [6.45, 7) is 0. The quantitative estimate of drug-likeness (QED) is 0.403. The van der Waals surface area contributed by atoms with Crippen molar-refractivity contribution in [1.82, 2.24) is 4.90 Å². The number of hydrogen-bond donors (Lipinski definition) is 2. The minimum atomic E-state index is -0.606. The van der Waals surface area contributed by atoms with Crippen LogP contribution < -0.4 is 0 Å². The topological polar surface area (TPSA) is 43.7 Å². The van der Waals surface area contributed by atoms with Gasteiger partial charge in [-0.05, 0) is 19.2 Å². The van der Waals surface area contributed by atoms with Crippen LogP contribution in [0.2, 0.25) is 0 Å². The van der Waals surface area contributed by atoms with Crippen LogP contribution in [-0.2, 0) is 0 Å². The Balaban J connectivity index is 2.55. The van der Waals surface area contributed by atoms with E-state index in [4.69, 9.17) is 10.2 Å². The Morgan fingerprint density at radius 1 is 1.25 bits per heavy atom. The van der Waals surface area contributed by atoms with E-state index in [0.717, 1.165) is 0 Å². The van der Waals surface area contributed by atoms with Crippen molar-refractivity contribution in [2.75, 3.05) is 7.05 Å². The molecule has 2 N–H and O–H groups in total. The molecule has 0 spiro atoms. The van der Waals surface area contributed by atoms with E-state index in [0.29, 0.717) is 0 Å². The second-order valence-corrected chi connectivity index (χ2v) is 1.88. The summed E-state index contributed by atoms with van der Waals surface area (Å²) in [4.78, 5) is 1.44. The Morgan fingerprint density at radius 2 is 1.62 bits per heavy atom. The molecular weight excluding hydrogens is 106 g/mol. The molecule has 3 heteroatoms. The summed E-state index contributed by atoms with van der Waals surface area (Å²) in [5, 5.41) is 17.7. The molecule has 0 aromatic carbocycles. The van der Waals surface area contributed by atoms with Crippen molar-refractivity contribution < 1.29 is 10.2 Å². The highest BCUT2D eigenvalue weighted by Gasteiger charge is 2.19. The molecule has 1 heterocycles. The minimum Gasteiger partial charge on any atom is -0.375 e. The van der Waals surface area contributed by atoms with Gasteiger partial charge < -0.3 is 10.2 Å². The van der Waals surface area contributed by atoms with Crippen LogP contribution in [0, 0.1) is 0 Å². The van der Waals surface area contributed by atoms with Crippen molar-refractivity contribution in [1.29, 1.82) is 0 Å². The predicted molar refractivity (Wildman–Crippen MR) is 28.9 cm³/mol. The van der Waals surface area contributed by atoms with Crippen molar-refractivity contribution in [3.05, 3.63) is 12.2 Å². The molecule has 1 aliphatic heterocycles. The first kappa shape index (κ1) is 5.75. The second-order valence-electron chi connectivity index (χ2n) is 1.88. The maximum absolute atomic E-state index is 8.85. The van der Waals surface area contributed by atoms with Gasteiger partial charge in [0.15, 0.2) is 0 Å². The summed E-state index contributed by atoms with van der Waals surface area (Å²) in [6, 6.07) is 0. The van der Waals surface area contributed by atoms with Gasteiger partial charge in [-0.1, -0.05) is 0 Å². The lowest BCUT2D eigenvalue weighted by atomic mass is 10.5. The van der Waals surface area contributed by atoms with Crippen LogP contribution in [0.15, 0.2) is 12.2 Å². The molecule has 3 nitrogen and oxygen atoms in total. The number of aliphatic hydroxyl groups is 2. The van der Waals surface area contributed by atoms with E-state index < -0.39 is 12.5 Å². The summed E-state index contributed by atoms with van der Waals surface area (Å²) in [7, 11) is 1.65. The smallest absolute Gasteiger partial charge is 0.128 e. The van der Waals surface area contributed by atoms with Gasteiger partial charge >= 0.3 is 0 Å². The van der Waals surface area contributed by atoms with Gasteiger partial charge in [-0.25, -0.2) is 4.90 Å². The van der Waals surface area contributed by atoms with Crippen LogP contribution in [0.25, 0.3) is 0 Å². The fraction of sp³-hybridized carbons (Fsp3) is 0.600. The summed E-state index contributed by atoms with van der Waals surface area (Å²) in [5.74, 6) is 0. The van der Waals surface area contributed by atoms with Crippen molar-refractivity contribution in [2.45, 2.75) is 12.5 Å². The van der Waals surface area contributed by atoms with E-state index in [9.17, 15) is 0 Å².